The molecule has 8 heteroatoms. The Morgan fingerprint density at radius 3 is 2.65 bits per heavy atom. The lowest BCUT2D eigenvalue weighted by molar-refractivity contribution is 0.0690. The summed E-state index contributed by atoms with van der Waals surface area (Å²) in [7, 11) is 0. The zero-order valence-corrected chi connectivity index (χ0v) is 9.14. The highest BCUT2D eigenvalue weighted by molar-refractivity contribution is 7.07. The quantitative estimate of drug-likeness (QED) is 0.837. The van der Waals surface area contributed by atoms with Crippen LogP contribution in [-0.2, 0) is 0 Å². The summed E-state index contributed by atoms with van der Waals surface area (Å²) in [4.78, 5) is 26.2. The summed E-state index contributed by atoms with van der Waals surface area (Å²) in [5.41, 5.74) is 0.329. The van der Waals surface area contributed by atoms with E-state index in [1.807, 2.05) is 0 Å². The van der Waals surface area contributed by atoms with Crippen molar-refractivity contribution in [2.75, 3.05) is 5.32 Å². The van der Waals surface area contributed by atoms with Crippen LogP contribution in [0.15, 0.2) is 24.5 Å². The molecule has 7 nitrogen and oxygen atoms in total. The van der Waals surface area contributed by atoms with Gasteiger partial charge in [-0.2, -0.15) is 0 Å². The summed E-state index contributed by atoms with van der Waals surface area (Å²) in [6.45, 7) is 0. The molecule has 0 fully saturated rings. The molecule has 2 rings (SSSR count). The number of hydrogen-bond acceptors (Lipinski definition) is 6. The third-order valence-corrected chi connectivity index (χ3v) is 2.49. The van der Waals surface area contributed by atoms with Gasteiger partial charge in [0, 0.05) is 0 Å². The average Bonchev–Trinajstić information content (AvgIpc) is 2.83. The summed E-state index contributed by atoms with van der Waals surface area (Å²) in [5.74, 6) is -1.47. The lowest BCUT2D eigenvalue weighted by atomic mass is 10.3. The summed E-state index contributed by atoms with van der Waals surface area (Å²) in [6, 6.07) is 2.77. The summed E-state index contributed by atoms with van der Waals surface area (Å²) in [6.07, 6.45) is 2.62. The standard InChI is InChI=1S/C9H6N4O3S/c14-8(7-4-11-13-17-7)12-5-1-2-6(9(15)16)10-3-5/h1-4H,(H,12,14)(H,15,16). The molecule has 0 unspecified atom stereocenters. The number of anilines is 1. The van der Waals surface area contributed by atoms with Crippen molar-refractivity contribution >= 4 is 29.1 Å². The van der Waals surface area contributed by atoms with Gasteiger partial charge in [0.1, 0.15) is 10.6 Å². The van der Waals surface area contributed by atoms with Crippen molar-refractivity contribution in [3.63, 3.8) is 0 Å². The Hall–Kier alpha value is -2.35. The fourth-order valence-corrected chi connectivity index (χ4v) is 1.46. The topological polar surface area (TPSA) is 105 Å². The molecule has 2 heterocycles. The number of nitrogens with one attached hydrogen (secondary N) is 1. The van der Waals surface area contributed by atoms with E-state index in [4.69, 9.17) is 5.11 Å². The van der Waals surface area contributed by atoms with E-state index in [2.05, 4.69) is 19.9 Å². The van der Waals surface area contributed by atoms with E-state index in [0.717, 1.165) is 11.5 Å². The predicted octanol–water partition coefficient (Wildman–Crippen LogP) is 0.884. The molecule has 1 amide bonds. The number of nitrogens with zero attached hydrogens (tertiary/aromatic N) is 3. The van der Waals surface area contributed by atoms with Crippen LogP contribution < -0.4 is 5.32 Å². The second-order valence-electron chi connectivity index (χ2n) is 2.97. The van der Waals surface area contributed by atoms with Crippen molar-refractivity contribution in [1.29, 1.82) is 0 Å². The van der Waals surface area contributed by atoms with Gasteiger partial charge in [0.15, 0.2) is 0 Å². The fraction of sp³-hybridized carbons (Fsp3) is 0. The minimum absolute atomic E-state index is 0.0811. The van der Waals surface area contributed by atoms with Gasteiger partial charge in [-0.3, -0.25) is 4.79 Å². The lowest BCUT2D eigenvalue weighted by Crippen LogP contribution is -2.11. The number of hydrogen-bond donors (Lipinski definition) is 2. The first-order valence-electron chi connectivity index (χ1n) is 4.45. The minimum atomic E-state index is -1.12. The monoisotopic (exact) mass is 250 g/mol. The van der Waals surface area contributed by atoms with Gasteiger partial charge in [0.05, 0.1) is 18.1 Å². The van der Waals surface area contributed by atoms with Gasteiger partial charge in [-0.1, -0.05) is 4.49 Å². The van der Waals surface area contributed by atoms with Gasteiger partial charge in [0.25, 0.3) is 5.91 Å². The zero-order chi connectivity index (χ0) is 12.3. The van der Waals surface area contributed by atoms with Crippen molar-refractivity contribution in [2.45, 2.75) is 0 Å². The normalized spacial score (nSPS) is 9.88. The largest absolute Gasteiger partial charge is 0.477 e. The summed E-state index contributed by atoms with van der Waals surface area (Å²) in [5, 5.41) is 14.7. The van der Waals surface area contributed by atoms with Gasteiger partial charge < -0.3 is 10.4 Å². The van der Waals surface area contributed by atoms with Gasteiger partial charge in [-0.25, -0.2) is 9.78 Å². The Labute approximate surface area is 99.3 Å². The van der Waals surface area contributed by atoms with Gasteiger partial charge >= 0.3 is 5.97 Å². The molecule has 0 aromatic carbocycles. The first-order valence-corrected chi connectivity index (χ1v) is 5.22. The molecular formula is C9H6N4O3S. The number of carboxylic acids is 1. The molecule has 17 heavy (non-hydrogen) atoms. The third-order valence-electron chi connectivity index (χ3n) is 1.83. The van der Waals surface area contributed by atoms with Gasteiger partial charge in [-0.15, -0.1) is 5.10 Å². The molecule has 0 aliphatic rings. The van der Waals surface area contributed by atoms with Crippen LogP contribution >= 0.6 is 11.5 Å². The molecule has 86 valence electrons. The van der Waals surface area contributed by atoms with Crippen molar-refractivity contribution in [3.05, 3.63) is 35.1 Å². The van der Waals surface area contributed by atoms with Gasteiger partial charge in [0.2, 0.25) is 0 Å². The molecule has 0 bridgehead atoms. The number of rotatable bonds is 3. The Kier molecular flexibility index (Phi) is 3.06. The van der Waals surface area contributed by atoms with Crippen molar-refractivity contribution in [1.82, 2.24) is 14.6 Å². The first-order chi connectivity index (χ1) is 8.16. The second kappa shape index (κ2) is 4.66. The average molecular weight is 250 g/mol. The molecule has 2 aromatic heterocycles. The van der Waals surface area contributed by atoms with E-state index in [1.54, 1.807) is 0 Å². The maximum absolute atomic E-state index is 11.6. The zero-order valence-electron chi connectivity index (χ0n) is 8.32. The maximum Gasteiger partial charge on any atom is 0.354 e. The molecule has 2 N–H and O–H groups in total. The Morgan fingerprint density at radius 1 is 1.29 bits per heavy atom. The summed E-state index contributed by atoms with van der Waals surface area (Å²) < 4.78 is 3.56. The molecule has 2 aromatic rings. The highest BCUT2D eigenvalue weighted by atomic mass is 32.1. The van der Waals surface area contributed by atoms with E-state index in [1.165, 1.54) is 24.5 Å². The number of pyridine rings is 1. The van der Waals surface area contributed by atoms with Crippen LogP contribution in [0.1, 0.15) is 20.2 Å². The van der Waals surface area contributed by atoms with Crippen LogP contribution in [0, 0.1) is 0 Å². The second-order valence-corrected chi connectivity index (χ2v) is 3.76. The van der Waals surface area contributed by atoms with Gasteiger partial charge in [-0.05, 0) is 23.7 Å². The van der Waals surface area contributed by atoms with E-state index in [9.17, 15) is 9.59 Å². The molecular weight excluding hydrogens is 244 g/mol. The summed E-state index contributed by atoms with van der Waals surface area (Å²) >= 11 is 0.971. The Bertz CT molecular complexity index is 538. The van der Waals surface area contributed by atoms with Crippen molar-refractivity contribution in [2.24, 2.45) is 0 Å². The molecule has 0 radical (unpaired) electrons. The van der Waals surface area contributed by atoms with Crippen LogP contribution in [0.5, 0.6) is 0 Å². The third kappa shape index (κ3) is 2.61. The molecule has 0 spiro atoms. The maximum atomic E-state index is 11.6. The molecule has 0 aliphatic heterocycles. The minimum Gasteiger partial charge on any atom is -0.477 e. The molecule has 0 aliphatic carbocycles. The number of aromatic carboxylic acids is 1. The van der Waals surface area contributed by atoms with Crippen LogP contribution in [0.3, 0.4) is 0 Å². The number of amides is 1. The molecule has 0 saturated heterocycles. The van der Waals surface area contributed by atoms with Crippen LogP contribution in [0.4, 0.5) is 5.69 Å². The smallest absolute Gasteiger partial charge is 0.354 e. The van der Waals surface area contributed by atoms with Crippen LogP contribution in [0.2, 0.25) is 0 Å². The fourth-order valence-electron chi connectivity index (χ4n) is 1.05. The Balaban J connectivity index is 2.09. The highest BCUT2D eigenvalue weighted by Crippen LogP contribution is 2.10. The lowest BCUT2D eigenvalue weighted by Gasteiger charge is -2.02. The van der Waals surface area contributed by atoms with E-state index < -0.39 is 5.97 Å². The number of carbonyl (C=O) groups is 2. The number of carbonyl (C=O) groups excluding carboxylic acids is 1. The van der Waals surface area contributed by atoms with E-state index in [0.29, 0.717) is 10.6 Å². The van der Waals surface area contributed by atoms with Crippen LogP contribution in [0.25, 0.3) is 0 Å². The molecule has 0 saturated carbocycles. The highest BCUT2D eigenvalue weighted by Gasteiger charge is 2.09. The molecule has 0 atom stereocenters. The number of carboxylic acid groups (broad SMARTS) is 1. The van der Waals surface area contributed by atoms with Crippen molar-refractivity contribution < 1.29 is 14.7 Å². The van der Waals surface area contributed by atoms with E-state index in [-0.39, 0.29) is 11.6 Å². The van der Waals surface area contributed by atoms with Crippen LogP contribution in [-0.4, -0.2) is 31.6 Å². The SMILES string of the molecule is O=C(O)c1ccc(NC(=O)c2cnns2)cn1. The number of aromatic nitrogens is 3. The van der Waals surface area contributed by atoms with Crippen molar-refractivity contribution in [3.8, 4) is 0 Å². The van der Waals surface area contributed by atoms with E-state index >= 15 is 0 Å². The predicted molar refractivity (Wildman–Crippen MR) is 59.1 cm³/mol. The Morgan fingerprint density at radius 2 is 2.12 bits per heavy atom. The first kappa shape index (κ1) is 11.1.